The molecule has 2 aromatic rings. The lowest BCUT2D eigenvalue weighted by Crippen LogP contribution is -2.13. The summed E-state index contributed by atoms with van der Waals surface area (Å²) >= 11 is 1.70. The minimum absolute atomic E-state index is 0.147. The summed E-state index contributed by atoms with van der Waals surface area (Å²) in [6.07, 6.45) is 2.64. The highest BCUT2D eigenvalue weighted by atomic mass is 32.1. The van der Waals surface area contributed by atoms with E-state index in [2.05, 4.69) is 24.1 Å². The number of nitrogens with zero attached hydrogens (tertiary/aromatic N) is 1. The monoisotopic (exact) mass is 292 g/mol. The van der Waals surface area contributed by atoms with Gasteiger partial charge in [-0.1, -0.05) is 32.0 Å². The Bertz CT molecular complexity index is 551. The van der Waals surface area contributed by atoms with Crippen LogP contribution in [0.5, 0.6) is 0 Å². The van der Waals surface area contributed by atoms with Gasteiger partial charge in [0.15, 0.2) is 0 Å². The largest absolute Gasteiger partial charge is 0.312 e. The van der Waals surface area contributed by atoms with Gasteiger partial charge in [-0.2, -0.15) is 0 Å². The molecule has 4 heteroatoms. The summed E-state index contributed by atoms with van der Waals surface area (Å²) in [4.78, 5) is 5.94. The summed E-state index contributed by atoms with van der Waals surface area (Å²) < 4.78 is 13.7. The molecule has 0 bridgehead atoms. The average Bonchev–Trinajstić information content (AvgIpc) is 2.84. The molecular weight excluding hydrogens is 271 g/mol. The van der Waals surface area contributed by atoms with Crippen LogP contribution < -0.4 is 5.32 Å². The van der Waals surface area contributed by atoms with Crippen LogP contribution in [0.4, 0.5) is 4.39 Å². The van der Waals surface area contributed by atoms with Gasteiger partial charge in [-0.05, 0) is 31.0 Å². The Morgan fingerprint density at radius 3 is 2.75 bits per heavy atom. The maximum Gasteiger partial charge on any atom is 0.126 e. The van der Waals surface area contributed by atoms with Crippen molar-refractivity contribution >= 4 is 11.3 Å². The van der Waals surface area contributed by atoms with Crippen LogP contribution >= 0.6 is 11.3 Å². The van der Waals surface area contributed by atoms with Crippen molar-refractivity contribution in [2.24, 2.45) is 0 Å². The summed E-state index contributed by atoms with van der Waals surface area (Å²) in [5.74, 6) is -0.147. The van der Waals surface area contributed by atoms with E-state index in [1.165, 1.54) is 10.9 Å². The van der Waals surface area contributed by atoms with E-state index in [0.29, 0.717) is 6.42 Å². The third-order valence-electron chi connectivity index (χ3n) is 3.17. The van der Waals surface area contributed by atoms with E-state index in [1.54, 1.807) is 17.4 Å². The molecule has 0 spiro atoms. The predicted molar refractivity (Wildman–Crippen MR) is 82.7 cm³/mol. The summed E-state index contributed by atoms with van der Waals surface area (Å²) in [7, 11) is 0. The molecule has 0 unspecified atom stereocenters. The first-order chi connectivity index (χ1) is 9.74. The normalized spacial score (nSPS) is 10.9. The SMILES string of the molecule is CCCNCc1sc(Cc2ccccc2F)nc1CC. The van der Waals surface area contributed by atoms with E-state index in [-0.39, 0.29) is 5.82 Å². The van der Waals surface area contributed by atoms with Crippen molar-refractivity contribution in [3.63, 3.8) is 0 Å². The standard InChI is InChI=1S/C16H21FN2S/c1-3-9-18-11-15-14(4-2)19-16(20-15)10-12-7-5-6-8-13(12)17/h5-8,18H,3-4,9-11H2,1-2H3. The molecule has 0 fully saturated rings. The number of nitrogens with one attached hydrogen (secondary N) is 1. The Morgan fingerprint density at radius 1 is 1.25 bits per heavy atom. The van der Waals surface area contributed by atoms with Gasteiger partial charge in [0.2, 0.25) is 0 Å². The molecule has 1 aromatic carbocycles. The molecular formula is C16H21FN2S. The van der Waals surface area contributed by atoms with Crippen molar-refractivity contribution in [1.29, 1.82) is 0 Å². The Kier molecular flexibility index (Phi) is 5.68. The van der Waals surface area contributed by atoms with Crippen molar-refractivity contribution in [3.8, 4) is 0 Å². The summed E-state index contributed by atoms with van der Waals surface area (Å²) in [6, 6.07) is 6.93. The van der Waals surface area contributed by atoms with Crippen LogP contribution in [-0.4, -0.2) is 11.5 Å². The highest BCUT2D eigenvalue weighted by Gasteiger charge is 2.11. The molecule has 0 amide bonds. The van der Waals surface area contributed by atoms with E-state index in [0.717, 1.165) is 42.2 Å². The van der Waals surface area contributed by atoms with Crippen LogP contribution in [0.25, 0.3) is 0 Å². The van der Waals surface area contributed by atoms with Crippen LogP contribution in [0.2, 0.25) is 0 Å². The summed E-state index contributed by atoms with van der Waals surface area (Å²) in [5, 5.41) is 4.41. The minimum Gasteiger partial charge on any atom is -0.312 e. The lowest BCUT2D eigenvalue weighted by Gasteiger charge is -2.01. The molecule has 2 nitrogen and oxygen atoms in total. The Morgan fingerprint density at radius 2 is 2.05 bits per heavy atom. The second-order valence-electron chi connectivity index (χ2n) is 4.78. The molecule has 0 aliphatic heterocycles. The van der Waals surface area contributed by atoms with Gasteiger partial charge in [0, 0.05) is 17.8 Å². The number of hydrogen-bond acceptors (Lipinski definition) is 3. The highest BCUT2D eigenvalue weighted by molar-refractivity contribution is 7.11. The maximum atomic E-state index is 13.7. The summed E-state index contributed by atoms with van der Waals surface area (Å²) in [6.45, 7) is 6.16. The van der Waals surface area contributed by atoms with E-state index >= 15 is 0 Å². The van der Waals surface area contributed by atoms with Crippen LogP contribution in [0.15, 0.2) is 24.3 Å². The molecule has 1 heterocycles. The van der Waals surface area contributed by atoms with E-state index in [4.69, 9.17) is 0 Å². The van der Waals surface area contributed by atoms with Crippen LogP contribution in [0.1, 0.15) is 41.4 Å². The van der Waals surface area contributed by atoms with Gasteiger partial charge in [0.1, 0.15) is 5.82 Å². The maximum absolute atomic E-state index is 13.7. The minimum atomic E-state index is -0.147. The Labute approximate surface area is 124 Å². The van der Waals surface area contributed by atoms with Gasteiger partial charge in [0.05, 0.1) is 10.7 Å². The number of thiazole rings is 1. The molecule has 1 aromatic heterocycles. The molecule has 0 radical (unpaired) electrons. The molecule has 20 heavy (non-hydrogen) atoms. The smallest absolute Gasteiger partial charge is 0.126 e. The number of hydrogen-bond donors (Lipinski definition) is 1. The van der Waals surface area contributed by atoms with Gasteiger partial charge >= 0.3 is 0 Å². The zero-order valence-corrected chi connectivity index (χ0v) is 12.9. The first-order valence-corrected chi connectivity index (χ1v) is 7.97. The lowest BCUT2D eigenvalue weighted by molar-refractivity contribution is 0.613. The van der Waals surface area contributed by atoms with Crippen LogP contribution in [-0.2, 0) is 19.4 Å². The zero-order chi connectivity index (χ0) is 14.4. The Balaban J connectivity index is 2.11. The molecule has 2 rings (SSSR count). The fourth-order valence-corrected chi connectivity index (χ4v) is 3.26. The number of benzene rings is 1. The molecule has 1 N–H and O–H groups in total. The van der Waals surface area contributed by atoms with Crippen molar-refractivity contribution in [2.45, 2.75) is 39.7 Å². The van der Waals surface area contributed by atoms with Gasteiger partial charge < -0.3 is 5.32 Å². The van der Waals surface area contributed by atoms with Gasteiger partial charge in [-0.15, -0.1) is 11.3 Å². The van der Waals surface area contributed by atoms with Crippen molar-refractivity contribution < 1.29 is 4.39 Å². The quantitative estimate of drug-likeness (QED) is 0.782. The first-order valence-electron chi connectivity index (χ1n) is 7.16. The molecule has 0 saturated carbocycles. The number of aryl methyl sites for hydroxylation is 1. The average molecular weight is 292 g/mol. The molecule has 0 atom stereocenters. The van der Waals surface area contributed by atoms with E-state index < -0.39 is 0 Å². The fraction of sp³-hybridized carbons (Fsp3) is 0.438. The topological polar surface area (TPSA) is 24.9 Å². The molecule has 0 saturated heterocycles. The second-order valence-corrected chi connectivity index (χ2v) is 5.94. The van der Waals surface area contributed by atoms with Crippen molar-refractivity contribution in [3.05, 3.63) is 51.2 Å². The number of halogens is 1. The van der Waals surface area contributed by atoms with Crippen LogP contribution in [0.3, 0.4) is 0 Å². The zero-order valence-electron chi connectivity index (χ0n) is 12.1. The van der Waals surface area contributed by atoms with Crippen LogP contribution in [0, 0.1) is 5.82 Å². The summed E-state index contributed by atoms with van der Waals surface area (Å²) in [5.41, 5.74) is 1.86. The molecule has 108 valence electrons. The third-order valence-corrected chi connectivity index (χ3v) is 4.27. The van der Waals surface area contributed by atoms with Crippen molar-refractivity contribution in [1.82, 2.24) is 10.3 Å². The Hall–Kier alpha value is -1.26. The van der Waals surface area contributed by atoms with E-state index in [9.17, 15) is 4.39 Å². The first kappa shape index (κ1) is 15.1. The number of rotatable bonds is 7. The lowest BCUT2D eigenvalue weighted by atomic mass is 10.1. The van der Waals surface area contributed by atoms with Gasteiger partial charge in [-0.3, -0.25) is 0 Å². The highest BCUT2D eigenvalue weighted by Crippen LogP contribution is 2.22. The molecule has 0 aliphatic carbocycles. The predicted octanol–water partition coefficient (Wildman–Crippen LogP) is 3.94. The second kappa shape index (κ2) is 7.50. The fourth-order valence-electron chi connectivity index (χ4n) is 2.11. The molecule has 0 aliphatic rings. The van der Waals surface area contributed by atoms with Gasteiger partial charge in [-0.25, -0.2) is 9.37 Å². The van der Waals surface area contributed by atoms with E-state index in [1.807, 2.05) is 12.1 Å². The number of aromatic nitrogens is 1. The van der Waals surface area contributed by atoms with Crippen molar-refractivity contribution in [2.75, 3.05) is 6.54 Å². The third kappa shape index (κ3) is 3.87. The van der Waals surface area contributed by atoms with Gasteiger partial charge in [0.25, 0.3) is 0 Å².